The summed E-state index contributed by atoms with van der Waals surface area (Å²) in [6, 6.07) is 16.9. The number of esters is 1. The third kappa shape index (κ3) is 3.97. The standard InChI is InChI=1S/C21H25NO2/c1-24-21(23)14-15-2-4-16(5-3-15)17-6-8-18(9-7-17)19-10-12-20(22)13-11-19/h6-13,15-16H,2-5,14,22H2,1H3. The maximum atomic E-state index is 11.4. The Morgan fingerprint density at radius 3 is 2.04 bits per heavy atom. The van der Waals surface area contributed by atoms with Crippen LogP contribution < -0.4 is 5.73 Å². The lowest BCUT2D eigenvalue weighted by molar-refractivity contribution is -0.142. The average Bonchev–Trinajstić information content (AvgIpc) is 2.63. The minimum atomic E-state index is -0.0775. The summed E-state index contributed by atoms with van der Waals surface area (Å²) in [5.41, 5.74) is 10.4. The molecule has 1 aliphatic carbocycles. The fourth-order valence-electron chi connectivity index (χ4n) is 3.64. The van der Waals surface area contributed by atoms with Gasteiger partial charge in [0, 0.05) is 12.1 Å². The molecule has 1 aliphatic rings. The van der Waals surface area contributed by atoms with Crippen LogP contribution in [0.1, 0.15) is 43.6 Å². The Hall–Kier alpha value is -2.29. The van der Waals surface area contributed by atoms with Crippen LogP contribution in [-0.4, -0.2) is 13.1 Å². The van der Waals surface area contributed by atoms with Gasteiger partial charge in [0.25, 0.3) is 0 Å². The third-order valence-electron chi connectivity index (χ3n) is 5.16. The van der Waals surface area contributed by atoms with Crippen molar-refractivity contribution in [1.29, 1.82) is 0 Å². The number of nitrogen functional groups attached to an aromatic ring is 1. The van der Waals surface area contributed by atoms with E-state index in [9.17, 15) is 4.79 Å². The van der Waals surface area contributed by atoms with Crippen LogP contribution in [0.2, 0.25) is 0 Å². The number of hydrogen-bond donors (Lipinski definition) is 1. The third-order valence-corrected chi connectivity index (χ3v) is 5.16. The van der Waals surface area contributed by atoms with Crippen LogP contribution in [0.3, 0.4) is 0 Å². The fraction of sp³-hybridized carbons (Fsp3) is 0.381. The van der Waals surface area contributed by atoms with Gasteiger partial charge in [-0.2, -0.15) is 0 Å². The Labute approximate surface area is 143 Å². The van der Waals surface area contributed by atoms with E-state index in [0.717, 1.165) is 31.4 Å². The van der Waals surface area contributed by atoms with Crippen LogP contribution in [0.25, 0.3) is 11.1 Å². The maximum Gasteiger partial charge on any atom is 0.305 e. The molecule has 3 rings (SSSR count). The molecule has 0 radical (unpaired) electrons. The number of nitrogens with two attached hydrogens (primary N) is 1. The molecule has 2 N–H and O–H groups in total. The lowest BCUT2D eigenvalue weighted by Crippen LogP contribution is -2.17. The second-order valence-electron chi connectivity index (χ2n) is 6.74. The second-order valence-corrected chi connectivity index (χ2v) is 6.74. The largest absolute Gasteiger partial charge is 0.469 e. The molecule has 0 heterocycles. The van der Waals surface area contributed by atoms with Gasteiger partial charge in [-0.05, 0) is 66.3 Å². The highest BCUT2D eigenvalue weighted by Gasteiger charge is 2.24. The van der Waals surface area contributed by atoms with Crippen molar-refractivity contribution >= 4 is 11.7 Å². The molecule has 126 valence electrons. The predicted octanol–water partition coefficient (Wildman–Crippen LogP) is 4.77. The van der Waals surface area contributed by atoms with Crippen LogP contribution in [-0.2, 0) is 9.53 Å². The molecule has 1 saturated carbocycles. The van der Waals surface area contributed by atoms with Gasteiger partial charge in [-0.15, -0.1) is 0 Å². The molecule has 0 amide bonds. The normalized spacial score (nSPS) is 20.5. The Morgan fingerprint density at radius 1 is 0.958 bits per heavy atom. The fourth-order valence-corrected chi connectivity index (χ4v) is 3.64. The molecule has 2 aromatic rings. The zero-order valence-electron chi connectivity index (χ0n) is 14.2. The van der Waals surface area contributed by atoms with Crippen LogP contribution in [0.5, 0.6) is 0 Å². The molecule has 0 bridgehead atoms. The van der Waals surface area contributed by atoms with Crippen LogP contribution in [0.15, 0.2) is 48.5 Å². The smallest absolute Gasteiger partial charge is 0.305 e. The number of carbonyl (C=O) groups excluding carboxylic acids is 1. The molecule has 2 aromatic carbocycles. The summed E-state index contributed by atoms with van der Waals surface area (Å²) in [4.78, 5) is 11.4. The van der Waals surface area contributed by atoms with Gasteiger partial charge in [0.2, 0.25) is 0 Å². The SMILES string of the molecule is COC(=O)CC1CCC(c2ccc(-c3ccc(N)cc3)cc2)CC1. The van der Waals surface area contributed by atoms with E-state index in [0.29, 0.717) is 18.3 Å². The van der Waals surface area contributed by atoms with E-state index in [4.69, 9.17) is 10.5 Å². The first-order chi connectivity index (χ1) is 11.7. The van der Waals surface area contributed by atoms with Crippen LogP contribution in [0.4, 0.5) is 5.69 Å². The summed E-state index contributed by atoms with van der Waals surface area (Å²) >= 11 is 0. The summed E-state index contributed by atoms with van der Waals surface area (Å²) < 4.78 is 4.78. The zero-order valence-corrected chi connectivity index (χ0v) is 14.2. The Bertz CT molecular complexity index is 668. The highest BCUT2D eigenvalue weighted by atomic mass is 16.5. The van der Waals surface area contributed by atoms with Crippen molar-refractivity contribution in [2.75, 3.05) is 12.8 Å². The van der Waals surface area contributed by atoms with E-state index < -0.39 is 0 Å². The Kier molecular flexibility index (Phi) is 5.19. The van der Waals surface area contributed by atoms with Crippen molar-refractivity contribution in [2.24, 2.45) is 5.92 Å². The van der Waals surface area contributed by atoms with E-state index in [1.807, 2.05) is 12.1 Å². The number of carbonyl (C=O) groups is 1. The molecule has 3 heteroatoms. The first kappa shape index (κ1) is 16.6. The minimum Gasteiger partial charge on any atom is -0.469 e. The predicted molar refractivity (Wildman–Crippen MR) is 97.6 cm³/mol. The van der Waals surface area contributed by atoms with E-state index in [1.165, 1.54) is 23.8 Å². The van der Waals surface area contributed by atoms with E-state index in [-0.39, 0.29) is 5.97 Å². The number of benzene rings is 2. The van der Waals surface area contributed by atoms with Crippen molar-refractivity contribution in [3.63, 3.8) is 0 Å². The van der Waals surface area contributed by atoms with E-state index >= 15 is 0 Å². The van der Waals surface area contributed by atoms with E-state index in [2.05, 4.69) is 36.4 Å². The maximum absolute atomic E-state index is 11.4. The number of ether oxygens (including phenoxy) is 1. The number of hydrogen-bond acceptors (Lipinski definition) is 3. The second kappa shape index (κ2) is 7.52. The number of anilines is 1. The summed E-state index contributed by atoms with van der Waals surface area (Å²) in [6.45, 7) is 0. The van der Waals surface area contributed by atoms with Crippen molar-refractivity contribution in [2.45, 2.75) is 38.0 Å². The van der Waals surface area contributed by atoms with Crippen molar-refractivity contribution in [3.8, 4) is 11.1 Å². The summed E-state index contributed by atoms with van der Waals surface area (Å²) in [7, 11) is 1.47. The molecular formula is C21H25NO2. The quantitative estimate of drug-likeness (QED) is 0.651. The van der Waals surface area contributed by atoms with E-state index in [1.54, 1.807) is 0 Å². The topological polar surface area (TPSA) is 52.3 Å². The molecule has 24 heavy (non-hydrogen) atoms. The van der Waals surface area contributed by atoms with Crippen LogP contribution >= 0.6 is 0 Å². The Morgan fingerprint density at radius 2 is 1.50 bits per heavy atom. The first-order valence-corrected chi connectivity index (χ1v) is 8.68. The molecule has 3 nitrogen and oxygen atoms in total. The molecule has 0 unspecified atom stereocenters. The number of rotatable bonds is 4. The minimum absolute atomic E-state index is 0.0775. The van der Waals surface area contributed by atoms with Gasteiger partial charge in [0.05, 0.1) is 7.11 Å². The Balaban J connectivity index is 1.60. The number of methoxy groups -OCH3 is 1. The van der Waals surface area contributed by atoms with Gasteiger partial charge in [0.15, 0.2) is 0 Å². The van der Waals surface area contributed by atoms with Crippen molar-refractivity contribution in [1.82, 2.24) is 0 Å². The molecule has 0 aromatic heterocycles. The van der Waals surface area contributed by atoms with Gasteiger partial charge < -0.3 is 10.5 Å². The van der Waals surface area contributed by atoms with Crippen molar-refractivity contribution < 1.29 is 9.53 Å². The zero-order chi connectivity index (χ0) is 16.9. The van der Waals surface area contributed by atoms with Gasteiger partial charge >= 0.3 is 5.97 Å². The molecule has 0 atom stereocenters. The van der Waals surface area contributed by atoms with Gasteiger partial charge in [0.1, 0.15) is 0 Å². The molecule has 0 saturated heterocycles. The van der Waals surface area contributed by atoms with Gasteiger partial charge in [-0.3, -0.25) is 4.79 Å². The summed E-state index contributed by atoms with van der Waals surface area (Å²) in [5, 5.41) is 0. The van der Waals surface area contributed by atoms with Crippen molar-refractivity contribution in [3.05, 3.63) is 54.1 Å². The molecule has 1 fully saturated rings. The lowest BCUT2D eigenvalue weighted by atomic mass is 9.77. The monoisotopic (exact) mass is 323 g/mol. The van der Waals surface area contributed by atoms with Gasteiger partial charge in [-0.25, -0.2) is 0 Å². The highest BCUT2D eigenvalue weighted by Crippen LogP contribution is 2.37. The molecule has 0 spiro atoms. The average molecular weight is 323 g/mol. The highest BCUT2D eigenvalue weighted by molar-refractivity contribution is 5.69. The summed E-state index contributed by atoms with van der Waals surface area (Å²) in [6.07, 6.45) is 5.10. The summed E-state index contributed by atoms with van der Waals surface area (Å²) in [5.74, 6) is 1.02. The van der Waals surface area contributed by atoms with Gasteiger partial charge in [-0.1, -0.05) is 36.4 Å². The molecular weight excluding hydrogens is 298 g/mol. The molecule has 0 aliphatic heterocycles. The first-order valence-electron chi connectivity index (χ1n) is 8.68. The lowest BCUT2D eigenvalue weighted by Gasteiger charge is -2.28. The van der Waals surface area contributed by atoms with Crippen LogP contribution in [0, 0.1) is 5.92 Å².